The Labute approximate surface area is 155 Å². The van der Waals surface area contributed by atoms with Crippen LogP contribution in [0.25, 0.3) is 11.0 Å². The number of benzene rings is 1. The minimum Gasteiger partial charge on any atom is -0.382 e. The number of imidazole rings is 1. The molecule has 0 saturated heterocycles. The Bertz CT molecular complexity index is 892. The van der Waals surface area contributed by atoms with Crippen molar-refractivity contribution in [1.29, 1.82) is 0 Å². The number of fused-ring (bicyclic) bond motifs is 1. The first-order chi connectivity index (χ1) is 11.5. The second-order valence-electron chi connectivity index (χ2n) is 5.62. The molecule has 3 aromatic rings. The van der Waals surface area contributed by atoms with Gasteiger partial charge in [0, 0.05) is 22.2 Å². The summed E-state index contributed by atoms with van der Waals surface area (Å²) in [5.41, 5.74) is 9.92. The van der Waals surface area contributed by atoms with Crippen molar-refractivity contribution >= 4 is 51.8 Å². The van der Waals surface area contributed by atoms with E-state index in [1.165, 1.54) is 0 Å². The summed E-state index contributed by atoms with van der Waals surface area (Å²) in [6.45, 7) is 4.91. The van der Waals surface area contributed by atoms with E-state index >= 15 is 0 Å². The quantitative estimate of drug-likeness (QED) is 0.492. The van der Waals surface area contributed by atoms with Crippen LogP contribution in [0.15, 0.2) is 29.4 Å². The van der Waals surface area contributed by atoms with Gasteiger partial charge in [0.15, 0.2) is 5.82 Å². The van der Waals surface area contributed by atoms with Gasteiger partial charge in [-0.2, -0.15) is 0 Å². The Morgan fingerprint density at radius 1 is 1.25 bits per heavy atom. The monoisotopic (exact) mass is 380 g/mol. The van der Waals surface area contributed by atoms with E-state index in [1.807, 2.05) is 25.4 Å². The molecule has 2 N–H and O–H groups in total. The summed E-state index contributed by atoms with van der Waals surface area (Å²) >= 11 is 13.9. The van der Waals surface area contributed by atoms with Crippen molar-refractivity contribution in [2.75, 3.05) is 11.5 Å². The number of hydrogen-bond acceptors (Lipinski definition) is 4. The SMILES string of the molecule is Cc1nc(N)c2ncn(CCCSc3ccc(Cl)cc3Cl)c2c1C. The average Bonchev–Trinajstić information content (AvgIpc) is 2.95. The standard InChI is InChI=1S/C17H18Cl2N4S/c1-10-11(2)22-17(20)15-16(10)23(9-21-15)6-3-7-24-14-5-4-12(18)8-13(14)19/h4-5,8-9H,3,6-7H2,1-2H3,(H2,20,22). The van der Waals surface area contributed by atoms with Gasteiger partial charge in [-0.1, -0.05) is 23.2 Å². The van der Waals surface area contributed by atoms with Crippen molar-refractivity contribution in [3.63, 3.8) is 0 Å². The van der Waals surface area contributed by atoms with E-state index in [2.05, 4.69) is 21.5 Å². The molecule has 0 fully saturated rings. The Hall–Kier alpha value is -1.43. The van der Waals surface area contributed by atoms with Crippen molar-refractivity contribution in [2.24, 2.45) is 0 Å². The zero-order valence-corrected chi connectivity index (χ0v) is 15.8. The summed E-state index contributed by atoms with van der Waals surface area (Å²) in [6.07, 6.45) is 2.84. The number of pyridine rings is 1. The third kappa shape index (κ3) is 3.48. The molecule has 0 aliphatic rings. The fourth-order valence-electron chi connectivity index (χ4n) is 2.63. The molecule has 4 nitrogen and oxygen atoms in total. The smallest absolute Gasteiger partial charge is 0.151 e. The third-order valence-electron chi connectivity index (χ3n) is 3.96. The number of nitrogen functional groups attached to an aromatic ring is 1. The fraction of sp³-hybridized carbons (Fsp3) is 0.294. The van der Waals surface area contributed by atoms with Gasteiger partial charge in [-0.3, -0.25) is 0 Å². The first-order valence-electron chi connectivity index (χ1n) is 7.62. The first-order valence-corrected chi connectivity index (χ1v) is 9.37. The highest BCUT2D eigenvalue weighted by atomic mass is 35.5. The zero-order valence-electron chi connectivity index (χ0n) is 13.5. The van der Waals surface area contributed by atoms with Gasteiger partial charge in [0.2, 0.25) is 0 Å². The molecule has 0 radical (unpaired) electrons. The number of nitrogens with zero attached hydrogens (tertiary/aromatic N) is 3. The van der Waals surface area contributed by atoms with Crippen LogP contribution in [0.3, 0.4) is 0 Å². The summed E-state index contributed by atoms with van der Waals surface area (Å²) in [4.78, 5) is 9.81. The van der Waals surface area contributed by atoms with Gasteiger partial charge in [0.05, 0.1) is 16.9 Å². The molecular formula is C17H18Cl2N4S. The number of aromatic nitrogens is 3. The number of nitrogens with two attached hydrogens (primary N) is 1. The molecule has 0 amide bonds. The predicted molar refractivity (Wildman–Crippen MR) is 103 cm³/mol. The summed E-state index contributed by atoms with van der Waals surface area (Å²) in [5.74, 6) is 1.45. The Morgan fingerprint density at radius 2 is 2.04 bits per heavy atom. The van der Waals surface area contributed by atoms with Gasteiger partial charge in [-0.15, -0.1) is 11.8 Å². The highest BCUT2D eigenvalue weighted by molar-refractivity contribution is 7.99. The average molecular weight is 381 g/mol. The van der Waals surface area contributed by atoms with Crippen molar-refractivity contribution in [2.45, 2.75) is 31.7 Å². The molecule has 0 aliphatic carbocycles. The number of aryl methyl sites for hydroxylation is 3. The van der Waals surface area contributed by atoms with Crippen LogP contribution in [0.4, 0.5) is 5.82 Å². The fourth-order valence-corrected chi connectivity index (χ4v) is 4.06. The van der Waals surface area contributed by atoms with Crippen molar-refractivity contribution in [3.8, 4) is 0 Å². The van der Waals surface area contributed by atoms with Crippen LogP contribution in [0, 0.1) is 13.8 Å². The van der Waals surface area contributed by atoms with Gasteiger partial charge in [0.1, 0.15) is 5.52 Å². The van der Waals surface area contributed by atoms with Crippen LogP contribution < -0.4 is 5.73 Å². The van der Waals surface area contributed by atoms with E-state index in [9.17, 15) is 0 Å². The minimum atomic E-state index is 0.495. The van der Waals surface area contributed by atoms with E-state index < -0.39 is 0 Å². The Morgan fingerprint density at radius 3 is 2.79 bits per heavy atom. The van der Waals surface area contributed by atoms with E-state index in [4.69, 9.17) is 28.9 Å². The van der Waals surface area contributed by atoms with E-state index in [0.717, 1.165) is 45.9 Å². The number of halogens is 2. The van der Waals surface area contributed by atoms with Gasteiger partial charge in [-0.05, 0) is 49.8 Å². The van der Waals surface area contributed by atoms with E-state index in [1.54, 1.807) is 17.8 Å². The lowest BCUT2D eigenvalue weighted by atomic mass is 10.2. The summed E-state index contributed by atoms with van der Waals surface area (Å²) < 4.78 is 2.15. The molecule has 24 heavy (non-hydrogen) atoms. The molecule has 0 spiro atoms. The van der Waals surface area contributed by atoms with Crippen molar-refractivity contribution in [3.05, 3.63) is 45.8 Å². The summed E-state index contributed by atoms with van der Waals surface area (Å²) in [7, 11) is 0. The van der Waals surface area contributed by atoms with Crippen LogP contribution in [0.5, 0.6) is 0 Å². The van der Waals surface area contributed by atoms with Crippen molar-refractivity contribution in [1.82, 2.24) is 14.5 Å². The number of rotatable bonds is 5. The maximum absolute atomic E-state index is 6.20. The predicted octanol–water partition coefficient (Wildman–Crippen LogP) is 5.12. The normalized spacial score (nSPS) is 11.3. The minimum absolute atomic E-state index is 0.495. The molecule has 0 saturated carbocycles. The van der Waals surface area contributed by atoms with Gasteiger partial charge in [-0.25, -0.2) is 9.97 Å². The molecule has 3 rings (SSSR count). The lowest BCUT2D eigenvalue weighted by Gasteiger charge is -2.09. The molecule has 1 aromatic carbocycles. The van der Waals surface area contributed by atoms with Crippen LogP contribution in [-0.2, 0) is 6.54 Å². The van der Waals surface area contributed by atoms with Crippen molar-refractivity contribution < 1.29 is 0 Å². The summed E-state index contributed by atoms with van der Waals surface area (Å²) in [5, 5.41) is 1.36. The third-order valence-corrected chi connectivity index (χ3v) is 5.78. The maximum atomic E-state index is 6.20. The Kier molecular flexibility index (Phi) is 5.23. The molecule has 0 aliphatic heterocycles. The Balaban J connectivity index is 1.68. The molecule has 0 unspecified atom stereocenters. The number of hydrogen-bond donors (Lipinski definition) is 1. The van der Waals surface area contributed by atoms with E-state index in [0.29, 0.717) is 15.9 Å². The van der Waals surface area contributed by atoms with E-state index in [-0.39, 0.29) is 0 Å². The molecule has 126 valence electrons. The molecule has 0 bridgehead atoms. The van der Waals surface area contributed by atoms with Crippen LogP contribution in [-0.4, -0.2) is 20.3 Å². The van der Waals surface area contributed by atoms with Gasteiger partial charge in [0.25, 0.3) is 0 Å². The summed E-state index contributed by atoms with van der Waals surface area (Å²) in [6, 6.07) is 5.60. The highest BCUT2D eigenvalue weighted by Gasteiger charge is 2.12. The molecule has 7 heteroatoms. The molecule has 2 heterocycles. The lowest BCUT2D eigenvalue weighted by molar-refractivity contribution is 0.701. The second kappa shape index (κ2) is 7.21. The van der Waals surface area contributed by atoms with Crippen LogP contribution in [0.1, 0.15) is 17.7 Å². The molecule has 2 aromatic heterocycles. The number of thioether (sulfide) groups is 1. The highest BCUT2D eigenvalue weighted by Crippen LogP contribution is 2.30. The molecular weight excluding hydrogens is 363 g/mol. The van der Waals surface area contributed by atoms with Gasteiger partial charge < -0.3 is 10.3 Å². The number of anilines is 1. The topological polar surface area (TPSA) is 56.7 Å². The lowest BCUT2D eigenvalue weighted by Crippen LogP contribution is -2.02. The van der Waals surface area contributed by atoms with Gasteiger partial charge >= 0.3 is 0 Å². The second-order valence-corrected chi connectivity index (χ2v) is 7.60. The van der Waals surface area contributed by atoms with Crippen LogP contribution in [0.2, 0.25) is 10.0 Å². The molecule has 0 atom stereocenters. The van der Waals surface area contributed by atoms with Crippen LogP contribution >= 0.6 is 35.0 Å². The zero-order chi connectivity index (χ0) is 17.3. The largest absolute Gasteiger partial charge is 0.382 e. The maximum Gasteiger partial charge on any atom is 0.151 e. The first kappa shape index (κ1) is 17.4.